The molecule has 2 amide bonds. The van der Waals surface area contributed by atoms with Crippen LogP contribution in [-0.2, 0) is 16.0 Å². The molecule has 30 heavy (non-hydrogen) atoms. The third kappa shape index (κ3) is 5.19. The molecule has 0 saturated carbocycles. The molecule has 1 aliphatic rings. The average molecular weight is 433 g/mol. The molecule has 0 spiro atoms. The Morgan fingerprint density at radius 2 is 2.07 bits per heavy atom. The maximum absolute atomic E-state index is 14.0. The van der Waals surface area contributed by atoms with Crippen molar-refractivity contribution in [2.45, 2.75) is 39.7 Å². The maximum atomic E-state index is 14.0. The van der Waals surface area contributed by atoms with Crippen molar-refractivity contribution in [1.29, 1.82) is 0 Å². The number of amides is 2. The van der Waals surface area contributed by atoms with Gasteiger partial charge >= 0.3 is 0 Å². The van der Waals surface area contributed by atoms with Crippen molar-refractivity contribution in [3.63, 3.8) is 0 Å². The van der Waals surface area contributed by atoms with E-state index in [0.29, 0.717) is 19.5 Å². The lowest BCUT2D eigenvalue weighted by molar-refractivity contribution is -0.143. The highest BCUT2D eigenvalue weighted by Gasteiger charge is 2.33. The first kappa shape index (κ1) is 22.3. The van der Waals surface area contributed by atoms with Crippen LogP contribution in [0.3, 0.4) is 0 Å². The summed E-state index contributed by atoms with van der Waals surface area (Å²) in [7, 11) is 0. The number of benzene rings is 1. The van der Waals surface area contributed by atoms with E-state index in [4.69, 9.17) is 4.74 Å². The van der Waals surface area contributed by atoms with Gasteiger partial charge in [-0.05, 0) is 41.5 Å². The molecule has 7 heteroatoms. The number of hydrogen-bond acceptors (Lipinski definition) is 4. The van der Waals surface area contributed by atoms with Gasteiger partial charge in [-0.3, -0.25) is 9.59 Å². The predicted molar refractivity (Wildman–Crippen MR) is 116 cm³/mol. The van der Waals surface area contributed by atoms with Gasteiger partial charge < -0.3 is 14.5 Å². The lowest BCUT2D eigenvalue weighted by Crippen LogP contribution is -2.48. The Balaban J connectivity index is 1.78. The number of rotatable bonds is 8. The van der Waals surface area contributed by atoms with Gasteiger partial charge in [0.05, 0.1) is 12.6 Å². The standard InChI is InChI=1S/C23H29FN2O3S/c1-4-22(27)25(13-16(2)3)14-23(28)26-11-9-21-17(10-12-30-21)19(26)15-29-20-8-6-5-7-18(20)24/h5-8,10,12,16,19H,4,9,11,13-15H2,1-3H3/t19-/m1/s1. The highest BCUT2D eigenvalue weighted by Crippen LogP contribution is 2.34. The average Bonchev–Trinajstić information content (AvgIpc) is 3.20. The van der Waals surface area contributed by atoms with Crippen LogP contribution in [0.5, 0.6) is 5.75 Å². The summed E-state index contributed by atoms with van der Waals surface area (Å²) in [5.74, 6) is -0.0950. The molecule has 0 bridgehead atoms. The molecule has 0 fully saturated rings. The molecule has 2 heterocycles. The number of para-hydroxylation sites is 1. The second-order valence-electron chi connectivity index (χ2n) is 7.92. The van der Waals surface area contributed by atoms with Gasteiger partial charge in [-0.2, -0.15) is 0 Å². The fourth-order valence-electron chi connectivity index (χ4n) is 3.78. The number of fused-ring (bicyclic) bond motifs is 1. The Kier molecular flexibility index (Phi) is 7.48. The van der Waals surface area contributed by atoms with E-state index in [1.54, 1.807) is 39.3 Å². The van der Waals surface area contributed by atoms with Crippen molar-refractivity contribution >= 4 is 23.2 Å². The quantitative estimate of drug-likeness (QED) is 0.625. The van der Waals surface area contributed by atoms with Gasteiger partial charge in [0.15, 0.2) is 11.6 Å². The van der Waals surface area contributed by atoms with E-state index in [1.165, 1.54) is 10.9 Å². The normalized spacial score (nSPS) is 15.8. The molecule has 1 aromatic carbocycles. The Labute approximate surface area is 181 Å². The lowest BCUT2D eigenvalue weighted by atomic mass is 10.00. The first-order chi connectivity index (χ1) is 14.4. The first-order valence-electron chi connectivity index (χ1n) is 10.4. The molecular weight excluding hydrogens is 403 g/mol. The summed E-state index contributed by atoms with van der Waals surface area (Å²) in [6, 6.07) is 7.99. The summed E-state index contributed by atoms with van der Waals surface area (Å²) < 4.78 is 19.8. The van der Waals surface area contributed by atoms with Crippen LogP contribution in [0.15, 0.2) is 35.7 Å². The summed E-state index contributed by atoms with van der Waals surface area (Å²) in [6.07, 6.45) is 1.15. The van der Waals surface area contributed by atoms with E-state index in [2.05, 4.69) is 0 Å². The molecule has 0 N–H and O–H groups in total. The summed E-state index contributed by atoms with van der Waals surface area (Å²) >= 11 is 1.67. The van der Waals surface area contributed by atoms with E-state index >= 15 is 0 Å². The molecule has 0 radical (unpaired) electrons. The Hall–Kier alpha value is -2.41. The predicted octanol–water partition coefficient (Wildman–Crippen LogP) is 4.29. The third-order valence-corrected chi connectivity index (χ3v) is 6.21. The summed E-state index contributed by atoms with van der Waals surface area (Å²) in [4.78, 5) is 30.2. The van der Waals surface area contributed by atoms with E-state index in [-0.39, 0.29) is 42.7 Å². The molecule has 162 valence electrons. The minimum Gasteiger partial charge on any atom is -0.488 e. The van der Waals surface area contributed by atoms with Crippen molar-refractivity contribution in [2.24, 2.45) is 5.92 Å². The molecule has 0 unspecified atom stereocenters. The second-order valence-corrected chi connectivity index (χ2v) is 8.92. The fraction of sp³-hybridized carbons (Fsp3) is 0.478. The van der Waals surface area contributed by atoms with Gasteiger partial charge in [-0.15, -0.1) is 11.3 Å². The molecule has 0 aliphatic carbocycles. The molecule has 3 rings (SSSR count). The molecule has 1 atom stereocenters. The number of nitrogens with zero attached hydrogens (tertiary/aromatic N) is 2. The van der Waals surface area contributed by atoms with Crippen molar-refractivity contribution in [3.05, 3.63) is 52.0 Å². The molecule has 2 aromatic rings. The first-order valence-corrected chi connectivity index (χ1v) is 11.3. The van der Waals surface area contributed by atoms with Gasteiger partial charge in [0, 0.05) is 24.4 Å². The Morgan fingerprint density at radius 1 is 1.30 bits per heavy atom. The van der Waals surface area contributed by atoms with Gasteiger partial charge in [-0.1, -0.05) is 32.9 Å². The minimum absolute atomic E-state index is 0.0237. The summed E-state index contributed by atoms with van der Waals surface area (Å²) in [6.45, 7) is 7.21. The minimum atomic E-state index is -0.423. The van der Waals surface area contributed by atoms with Gasteiger partial charge in [0.1, 0.15) is 6.61 Å². The molecule has 5 nitrogen and oxygen atoms in total. The third-order valence-electron chi connectivity index (χ3n) is 5.22. The zero-order valence-electron chi connectivity index (χ0n) is 17.8. The fourth-order valence-corrected chi connectivity index (χ4v) is 4.71. The Bertz CT molecular complexity index is 883. The van der Waals surface area contributed by atoms with E-state index in [0.717, 1.165) is 12.0 Å². The van der Waals surface area contributed by atoms with E-state index in [9.17, 15) is 14.0 Å². The zero-order chi connectivity index (χ0) is 21.7. The highest BCUT2D eigenvalue weighted by atomic mass is 32.1. The van der Waals surface area contributed by atoms with Crippen molar-refractivity contribution in [2.75, 3.05) is 26.2 Å². The number of carbonyl (C=O) groups excluding carboxylic acids is 2. The molecule has 1 aromatic heterocycles. The van der Waals surface area contributed by atoms with Crippen LogP contribution in [0.2, 0.25) is 0 Å². The maximum Gasteiger partial charge on any atom is 0.242 e. The monoisotopic (exact) mass is 432 g/mol. The topological polar surface area (TPSA) is 49.9 Å². The van der Waals surface area contributed by atoms with Crippen LogP contribution in [0.4, 0.5) is 4.39 Å². The second kappa shape index (κ2) is 10.1. The lowest BCUT2D eigenvalue weighted by Gasteiger charge is -2.37. The highest BCUT2D eigenvalue weighted by molar-refractivity contribution is 7.10. The zero-order valence-corrected chi connectivity index (χ0v) is 18.6. The van der Waals surface area contributed by atoms with Crippen LogP contribution < -0.4 is 4.74 Å². The van der Waals surface area contributed by atoms with Crippen LogP contribution in [0.1, 0.15) is 43.7 Å². The molecular formula is C23H29FN2O3S. The largest absolute Gasteiger partial charge is 0.488 e. The van der Waals surface area contributed by atoms with Crippen LogP contribution in [0, 0.1) is 11.7 Å². The van der Waals surface area contributed by atoms with Gasteiger partial charge in [0.25, 0.3) is 0 Å². The Morgan fingerprint density at radius 3 is 2.77 bits per heavy atom. The number of thiophene rings is 1. The number of halogens is 1. The van der Waals surface area contributed by atoms with Crippen molar-refractivity contribution in [1.82, 2.24) is 9.80 Å². The number of hydrogen-bond donors (Lipinski definition) is 0. The van der Waals surface area contributed by atoms with E-state index in [1.807, 2.05) is 32.2 Å². The smallest absolute Gasteiger partial charge is 0.242 e. The van der Waals surface area contributed by atoms with Crippen LogP contribution in [0.25, 0.3) is 0 Å². The van der Waals surface area contributed by atoms with Gasteiger partial charge in [-0.25, -0.2) is 4.39 Å². The van der Waals surface area contributed by atoms with Crippen molar-refractivity contribution in [3.8, 4) is 5.75 Å². The van der Waals surface area contributed by atoms with Crippen LogP contribution in [-0.4, -0.2) is 47.9 Å². The number of carbonyl (C=O) groups is 2. The van der Waals surface area contributed by atoms with Crippen molar-refractivity contribution < 1.29 is 18.7 Å². The van der Waals surface area contributed by atoms with E-state index < -0.39 is 5.82 Å². The van der Waals surface area contributed by atoms with Gasteiger partial charge in [0.2, 0.25) is 11.8 Å². The van der Waals surface area contributed by atoms with Crippen LogP contribution >= 0.6 is 11.3 Å². The number of ether oxygens (including phenoxy) is 1. The summed E-state index contributed by atoms with van der Waals surface area (Å²) in [5.41, 5.74) is 1.05. The molecule has 1 aliphatic heterocycles. The summed E-state index contributed by atoms with van der Waals surface area (Å²) in [5, 5.41) is 2.01. The SMILES string of the molecule is CCC(=O)N(CC(=O)N1CCc2sccc2[C@H]1COc1ccccc1F)CC(C)C. The molecule has 0 saturated heterocycles.